The van der Waals surface area contributed by atoms with E-state index in [0.29, 0.717) is 32.1 Å². The second-order valence-corrected chi connectivity index (χ2v) is 13.3. The molecule has 0 aliphatic heterocycles. The van der Waals surface area contributed by atoms with Crippen LogP contribution in [0.5, 0.6) is 0 Å². The van der Waals surface area contributed by atoms with Crippen LogP contribution in [-0.2, 0) is 53.0 Å². The fourth-order valence-electron chi connectivity index (χ4n) is 5.19. The van der Waals surface area contributed by atoms with Crippen molar-refractivity contribution in [1.82, 2.24) is 21.3 Å². The van der Waals surface area contributed by atoms with E-state index in [1.807, 2.05) is 91.0 Å². The van der Waals surface area contributed by atoms with Gasteiger partial charge in [-0.3, -0.25) is 24.5 Å². The van der Waals surface area contributed by atoms with Gasteiger partial charge in [0, 0.05) is 13.6 Å². The number of rotatable bonds is 20. The number of likely N-dealkylation sites (N-methyl/N-ethyl adjacent to an activating group) is 1. The Labute approximate surface area is 306 Å². The Bertz CT molecular complexity index is 1550. The van der Waals surface area contributed by atoms with E-state index < -0.39 is 47.7 Å². The summed E-state index contributed by atoms with van der Waals surface area (Å²) >= 11 is 0. The Morgan fingerprint density at radius 2 is 1.21 bits per heavy atom. The maximum atomic E-state index is 13.4. The lowest BCUT2D eigenvalue weighted by Crippen LogP contribution is -2.51. The van der Waals surface area contributed by atoms with Crippen molar-refractivity contribution < 1.29 is 38.2 Å². The summed E-state index contributed by atoms with van der Waals surface area (Å²) in [5, 5.41) is 11.0. The molecule has 280 valence electrons. The molecule has 0 aromatic heterocycles. The van der Waals surface area contributed by atoms with E-state index in [9.17, 15) is 24.0 Å². The summed E-state index contributed by atoms with van der Waals surface area (Å²) < 4.78 is 16.5. The molecule has 3 aromatic rings. The second kappa shape index (κ2) is 21.9. The lowest BCUT2D eigenvalue weighted by atomic mass is 10.0. The van der Waals surface area contributed by atoms with Gasteiger partial charge in [0.2, 0.25) is 11.8 Å². The van der Waals surface area contributed by atoms with Crippen molar-refractivity contribution >= 4 is 29.8 Å². The van der Waals surface area contributed by atoms with E-state index in [-0.39, 0.29) is 32.1 Å². The van der Waals surface area contributed by atoms with Gasteiger partial charge in [0.05, 0.1) is 6.42 Å². The molecule has 4 N–H and O–H groups in total. The average Bonchev–Trinajstić information content (AvgIpc) is 3.13. The van der Waals surface area contributed by atoms with E-state index in [2.05, 4.69) is 21.3 Å². The number of hydrogen-bond donors (Lipinski definition) is 4. The number of carbonyl (C=O) groups excluding carboxylic acids is 5. The van der Waals surface area contributed by atoms with Gasteiger partial charge in [0.25, 0.3) is 0 Å². The van der Waals surface area contributed by atoms with Crippen LogP contribution in [0.4, 0.5) is 4.79 Å². The van der Waals surface area contributed by atoms with Crippen molar-refractivity contribution in [2.75, 3.05) is 13.6 Å². The van der Waals surface area contributed by atoms with Gasteiger partial charge < -0.3 is 30.2 Å². The first-order valence-corrected chi connectivity index (χ1v) is 17.6. The average molecular weight is 717 g/mol. The number of amides is 3. The minimum atomic E-state index is -1.13. The van der Waals surface area contributed by atoms with Gasteiger partial charge in [-0.15, -0.1) is 0 Å². The van der Waals surface area contributed by atoms with Gasteiger partial charge in [-0.05, 0) is 69.6 Å². The van der Waals surface area contributed by atoms with Crippen LogP contribution < -0.4 is 21.3 Å². The van der Waals surface area contributed by atoms with Gasteiger partial charge in [0.15, 0.2) is 0 Å². The molecule has 0 unspecified atom stereocenters. The Morgan fingerprint density at radius 1 is 0.654 bits per heavy atom. The highest BCUT2D eigenvalue weighted by Crippen LogP contribution is 2.14. The zero-order valence-corrected chi connectivity index (χ0v) is 30.5. The first-order valence-electron chi connectivity index (χ1n) is 17.6. The SMILES string of the molecule is CNC(=O)[C@H](CCCCNC(=O)C[C@@H](N[C@@H](CCc1ccccc1)C(=O)OCc1ccccc1)C(=O)OC(C)(C)C)NC(=O)OCc1ccccc1. The zero-order chi connectivity index (χ0) is 37.8. The van der Waals surface area contributed by atoms with Crippen LogP contribution in [0.2, 0.25) is 0 Å². The van der Waals surface area contributed by atoms with Crippen molar-refractivity contribution in [2.24, 2.45) is 0 Å². The van der Waals surface area contributed by atoms with Crippen LogP contribution in [-0.4, -0.2) is 67.2 Å². The molecule has 0 saturated heterocycles. The fraction of sp³-hybridized carbons (Fsp3) is 0.425. The molecular weight excluding hydrogens is 664 g/mol. The topological polar surface area (TPSA) is 161 Å². The third-order valence-corrected chi connectivity index (χ3v) is 7.87. The summed E-state index contributed by atoms with van der Waals surface area (Å²) in [4.78, 5) is 64.7. The maximum absolute atomic E-state index is 13.4. The normalized spacial score (nSPS) is 12.8. The summed E-state index contributed by atoms with van der Waals surface area (Å²) in [5.74, 6) is -2.00. The van der Waals surface area contributed by atoms with Crippen LogP contribution >= 0.6 is 0 Å². The maximum Gasteiger partial charge on any atom is 0.408 e. The molecular formula is C40H52N4O8. The Hall–Kier alpha value is -5.23. The molecule has 0 heterocycles. The molecule has 3 atom stereocenters. The van der Waals surface area contributed by atoms with Gasteiger partial charge in [-0.2, -0.15) is 0 Å². The van der Waals surface area contributed by atoms with Crippen molar-refractivity contribution in [3.63, 3.8) is 0 Å². The third-order valence-electron chi connectivity index (χ3n) is 7.87. The van der Waals surface area contributed by atoms with E-state index in [0.717, 1.165) is 16.7 Å². The predicted molar refractivity (Wildman–Crippen MR) is 197 cm³/mol. The second-order valence-electron chi connectivity index (χ2n) is 13.3. The predicted octanol–water partition coefficient (Wildman–Crippen LogP) is 4.75. The van der Waals surface area contributed by atoms with E-state index in [4.69, 9.17) is 14.2 Å². The summed E-state index contributed by atoms with van der Waals surface area (Å²) in [6.45, 7) is 5.58. The van der Waals surface area contributed by atoms with Crippen molar-refractivity contribution in [3.05, 3.63) is 108 Å². The minimum absolute atomic E-state index is 0.0615. The summed E-state index contributed by atoms with van der Waals surface area (Å²) in [7, 11) is 1.48. The highest BCUT2D eigenvalue weighted by atomic mass is 16.6. The lowest BCUT2D eigenvalue weighted by Gasteiger charge is -2.27. The molecule has 0 saturated carbocycles. The highest BCUT2D eigenvalue weighted by molar-refractivity contribution is 5.87. The molecule has 0 bridgehead atoms. The Morgan fingerprint density at radius 3 is 1.77 bits per heavy atom. The fourth-order valence-corrected chi connectivity index (χ4v) is 5.19. The number of benzene rings is 3. The van der Waals surface area contributed by atoms with Crippen molar-refractivity contribution in [1.29, 1.82) is 0 Å². The molecule has 0 spiro atoms. The molecule has 0 radical (unpaired) electrons. The number of carbonyl (C=O) groups is 5. The Balaban J connectivity index is 1.57. The number of ether oxygens (including phenoxy) is 3. The van der Waals surface area contributed by atoms with E-state index >= 15 is 0 Å². The van der Waals surface area contributed by atoms with Crippen molar-refractivity contribution in [2.45, 2.75) is 96.2 Å². The van der Waals surface area contributed by atoms with Gasteiger partial charge in [-0.25, -0.2) is 4.79 Å². The highest BCUT2D eigenvalue weighted by Gasteiger charge is 2.32. The third kappa shape index (κ3) is 16.2. The lowest BCUT2D eigenvalue weighted by molar-refractivity contribution is -0.159. The quantitative estimate of drug-likeness (QED) is 0.0735. The monoisotopic (exact) mass is 716 g/mol. The van der Waals surface area contributed by atoms with Crippen LogP contribution in [0.25, 0.3) is 0 Å². The van der Waals surface area contributed by atoms with Gasteiger partial charge >= 0.3 is 18.0 Å². The molecule has 52 heavy (non-hydrogen) atoms. The van der Waals surface area contributed by atoms with Crippen LogP contribution in [0, 0.1) is 0 Å². The number of alkyl carbamates (subject to hydrolysis) is 1. The molecule has 0 aliphatic carbocycles. The number of esters is 2. The molecule has 0 aliphatic rings. The standard InChI is InChI=1S/C40H52N4O8/c1-40(2,3)52-38(48)34(43-33(24-23-29-16-8-5-9-17-29)37(47)50-27-30-18-10-6-11-19-30)26-35(45)42-25-15-14-22-32(36(46)41-4)44-39(49)51-28-31-20-12-7-13-21-31/h5-13,16-21,32-34,43H,14-15,22-28H2,1-4H3,(H,41,46)(H,42,45)(H,44,49)/t32-,33-,34+/m0/s1. The summed E-state index contributed by atoms with van der Waals surface area (Å²) in [6.07, 6.45) is 1.17. The molecule has 12 nitrogen and oxygen atoms in total. The van der Waals surface area contributed by atoms with E-state index in [1.54, 1.807) is 20.8 Å². The number of aryl methyl sites for hydroxylation is 1. The molecule has 3 aromatic carbocycles. The van der Waals surface area contributed by atoms with Crippen molar-refractivity contribution in [3.8, 4) is 0 Å². The van der Waals surface area contributed by atoms with Crippen LogP contribution in [0.1, 0.15) is 69.6 Å². The minimum Gasteiger partial charge on any atom is -0.460 e. The van der Waals surface area contributed by atoms with Gasteiger partial charge in [0.1, 0.15) is 36.9 Å². The first kappa shape index (κ1) is 41.2. The summed E-state index contributed by atoms with van der Waals surface area (Å²) in [5.41, 5.74) is 1.82. The molecule has 3 rings (SSSR count). The zero-order valence-electron chi connectivity index (χ0n) is 30.5. The molecule has 3 amide bonds. The smallest absolute Gasteiger partial charge is 0.408 e. The number of hydrogen-bond acceptors (Lipinski definition) is 9. The summed E-state index contributed by atoms with van der Waals surface area (Å²) in [6, 6.07) is 25.3. The first-order chi connectivity index (χ1) is 24.9. The Kier molecular flexibility index (Phi) is 17.3. The molecule has 0 fully saturated rings. The van der Waals surface area contributed by atoms with Crippen LogP contribution in [0.3, 0.4) is 0 Å². The molecule has 12 heteroatoms. The van der Waals surface area contributed by atoms with Crippen LogP contribution in [0.15, 0.2) is 91.0 Å². The van der Waals surface area contributed by atoms with Gasteiger partial charge in [-0.1, -0.05) is 91.0 Å². The number of unbranched alkanes of at least 4 members (excludes halogenated alkanes) is 1. The van der Waals surface area contributed by atoms with E-state index in [1.165, 1.54) is 7.05 Å². The largest absolute Gasteiger partial charge is 0.460 e. The number of nitrogens with one attached hydrogen (secondary N) is 4.